The molecule has 9 nitrogen and oxygen atoms in total. The standard InChI is InChI=1S/C6H10O9S/c7-3-1-4(6(8)9)13-2-5(3)14-15-16(10,11)12/h3-5,7H,1-2H2,(H,8,9)(H,10,11,12)/p-2. The molecule has 0 spiro atoms. The van der Waals surface area contributed by atoms with E-state index in [1.54, 1.807) is 0 Å². The van der Waals surface area contributed by atoms with Crippen LogP contribution in [0, 0.1) is 0 Å². The van der Waals surface area contributed by atoms with Crippen LogP contribution in [0.1, 0.15) is 6.42 Å². The zero-order valence-corrected chi connectivity index (χ0v) is 8.58. The smallest absolute Gasteiger partial charge is 0.245 e. The number of rotatable bonds is 4. The summed E-state index contributed by atoms with van der Waals surface area (Å²) in [5.41, 5.74) is 0. The minimum absolute atomic E-state index is 0.352. The molecule has 0 aromatic carbocycles. The Hall–Kier alpha value is -0.780. The van der Waals surface area contributed by atoms with Crippen LogP contribution in [0.4, 0.5) is 0 Å². The molecule has 1 rings (SSSR count). The lowest BCUT2D eigenvalue weighted by Crippen LogP contribution is -2.49. The SMILES string of the molecule is O=C([O-])C1CC(O)C(OOS(=O)(=O)[O-])CO1. The Labute approximate surface area is 90.4 Å². The van der Waals surface area contributed by atoms with Crippen molar-refractivity contribution in [2.24, 2.45) is 0 Å². The van der Waals surface area contributed by atoms with Crippen molar-refractivity contribution in [3.63, 3.8) is 0 Å². The molecule has 0 radical (unpaired) electrons. The molecule has 1 aliphatic rings. The van der Waals surface area contributed by atoms with E-state index in [0.717, 1.165) is 0 Å². The molecule has 10 heteroatoms. The van der Waals surface area contributed by atoms with Crippen LogP contribution in [0.3, 0.4) is 0 Å². The molecule has 1 saturated heterocycles. The van der Waals surface area contributed by atoms with Gasteiger partial charge in [0, 0.05) is 6.42 Å². The van der Waals surface area contributed by atoms with Gasteiger partial charge in [0.05, 0.1) is 24.8 Å². The number of carbonyl (C=O) groups excluding carboxylic acids is 1. The number of hydrogen-bond donors (Lipinski definition) is 1. The first-order valence-corrected chi connectivity index (χ1v) is 5.44. The fourth-order valence-electron chi connectivity index (χ4n) is 1.12. The summed E-state index contributed by atoms with van der Waals surface area (Å²) in [4.78, 5) is 14.5. The van der Waals surface area contributed by atoms with Crippen molar-refractivity contribution in [1.29, 1.82) is 0 Å². The van der Waals surface area contributed by atoms with Gasteiger partial charge in [-0.15, -0.1) is 4.33 Å². The number of aliphatic hydroxyl groups is 1. The maximum Gasteiger partial charge on any atom is 0.245 e. The summed E-state index contributed by atoms with van der Waals surface area (Å²) in [5.74, 6) is -1.50. The molecule has 1 N–H and O–H groups in total. The van der Waals surface area contributed by atoms with Gasteiger partial charge >= 0.3 is 0 Å². The van der Waals surface area contributed by atoms with Crippen molar-refractivity contribution in [2.75, 3.05) is 6.61 Å². The molecule has 3 unspecified atom stereocenters. The minimum atomic E-state index is -5.04. The lowest BCUT2D eigenvalue weighted by Gasteiger charge is -2.32. The van der Waals surface area contributed by atoms with Crippen LogP contribution in [-0.4, -0.2) is 49.0 Å². The zero-order chi connectivity index (χ0) is 12.3. The summed E-state index contributed by atoms with van der Waals surface area (Å²) in [6.07, 6.45) is -4.24. The van der Waals surface area contributed by atoms with E-state index in [9.17, 15) is 28.0 Å². The Morgan fingerprint density at radius 2 is 2.12 bits per heavy atom. The van der Waals surface area contributed by atoms with Crippen molar-refractivity contribution in [1.82, 2.24) is 0 Å². The van der Waals surface area contributed by atoms with E-state index in [0.29, 0.717) is 0 Å². The molecule has 94 valence electrons. The molecule has 0 aromatic heterocycles. The van der Waals surface area contributed by atoms with E-state index in [2.05, 4.69) is 14.0 Å². The number of carbonyl (C=O) groups is 1. The molecule has 1 fully saturated rings. The van der Waals surface area contributed by atoms with Crippen LogP contribution in [0.25, 0.3) is 0 Å². The summed E-state index contributed by atoms with van der Waals surface area (Å²) in [7, 11) is -5.04. The topological polar surface area (TPSA) is 145 Å². The second kappa shape index (κ2) is 5.03. The number of aliphatic carboxylic acids is 1. The maximum absolute atomic E-state index is 10.4. The van der Waals surface area contributed by atoms with Gasteiger partial charge in [0.2, 0.25) is 10.4 Å². The molecule has 0 aliphatic carbocycles. The predicted octanol–water partition coefficient (Wildman–Crippen LogP) is -3.34. The number of hydrogen-bond acceptors (Lipinski definition) is 9. The number of carboxylic acids is 1. The molecular weight excluding hydrogens is 248 g/mol. The maximum atomic E-state index is 10.4. The second-order valence-electron chi connectivity index (χ2n) is 3.06. The Morgan fingerprint density at radius 3 is 2.56 bits per heavy atom. The Morgan fingerprint density at radius 1 is 1.50 bits per heavy atom. The predicted molar refractivity (Wildman–Crippen MR) is 41.0 cm³/mol. The van der Waals surface area contributed by atoms with E-state index in [1.807, 2.05) is 0 Å². The Kier molecular flexibility index (Phi) is 4.18. The highest BCUT2D eigenvalue weighted by atomic mass is 32.3. The molecular formula is C6H8O9S-2. The fraction of sp³-hybridized carbons (Fsp3) is 0.833. The normalized spacial score (nSPS) is 31.2. The van der Waals surface area contributed by atoms with Gasteiger partial charge in [-0.3, -0.25) is 0 Å². The summed E-state index contributed by atoms with van der Waals surface area (Å²) >= 11 is 0. The first-order chi connectivity index (χ1) is 7.29. The van der Waals surface area contributed by atoms with Gasteiger partial charge in [-0.2, -0.15) is 0 Å². The van der Waals surface area contributed by atoms with Gasteiger partial charge in [-0.1, -0.05) is 0 Å². The van der Waals surface area contributed by atoms with Crippen molar-refractivity contribution in [3.8, 4) is 0 Å². The first kappa shape index (κ1) is 13.3. The van der Waals surface area contributed by atoms with E-state index in [1.165, 1.54) is 0 Å². The van der Waals surface area contributed by atoms with Gasteiger partial charge in [-0.05, 0) is 0 Å². The average Bonchev–Trinajstić information content (AvgIpc) is 2.14. The van der Waals surface area contributed by atoms with Crippen LogP contribution in [0.2, 0.25) is 0 Å². The van der Waals surface area contributed by atoms with Crippen LogP contribution in [0.15, 0.2) is 0 Å². The summed E-state index contributed by atoms with van der Waals surface area (Å²) < 4.78 is 38.2. The average molecular weight is 256 g/mol. The third-order valence-electron chi connectivity index (χ3n) is 1.86. The molecule has 1 aliphatic heterocycles. The van der Waals surface area contributed by atoms with Gasteiger partial charge in [-0.25, -0.2) is 13.3 Å². The largest absolute Gasteiger partial charge is 0.724 e. The summed E-state index contributed by atoms with van der Waals surface area (Å²) in [6.45, 7) is -0.435. The highest BCUT2D eigenvalue weighted by Crippen LogP contribution is 2.17. The van der Waals surface area contributed by atoms with Gasteiger partial charge in [0.1, 0.15) is 6.10 Å². The zero-order valence-electron chi connectivity index (χ0n) is 7.77. The van der Waals surface area contributed by atoms with Crippen LogP contribution >= 0.6 is 0 Å². The molecule has 1 heterocycles. The van der Waals surface area contributed by atoms with Crippen molar-refractivity contribution in [2.45, 2.75) is 24.7 Å². The lowest BCUT2D eigenvalue weighted by atomic mass is 10.0. The van der Waals surface area contributed by atoms with Crippen molar-refractivity contribution >= 4 is 16.4 Å². The molecule has 0 aromatic rings. The quantitative estimate of drug-likeness (QED) is 0.236. The van der Waals surface area contributed by atoms with E-state index >= 15 is 0 Å². The van der Waals surface area contributed by atoms with Crippen LogP contribution in [-0.2, 0) is 29.2 Å². The number of carboxylic acid groups (broad SMARTS) is 1. The molecule has 0 amide bonds. The Balaban J connectivity index is 2.45. The molecule has 16 heavy (non-hydrogen) atoms. The van der Waals surface area contributed by atoms with Crippen LogP contribution in [0.5, 0.6) is 0 Å². The fourth-order valence-corrected chi connectivity index (χ4v) is 1.31. The molecule has 3 atom stereocenters. The summed E-state index contributed by atoms with van der Waals surface area (Å²) in [6, 6.07) is 0. The Bertz CT molecular complexity index is 349. The van der Waals surface area contributed by atoms with E-state index in [4.69, 9.17) is 0 Å². The lowest BCUT2D eigenvalue weighted by molar-refractivity contribution is -0.331. The molecule has 0 bridgehead atoms. The molecule has 0 saturated carbocycles. The third-order valence-corrected chi connectivity index (χ3v) is 2.10. The third kappa shape index (κ3) is 4.00. The van der Waals surface area contributed by atoms with Gasteiger partial charge in [0.25, 0.3) is 0 Å². The van der Waals surface area contributed by atoms with Crippen molar-refractivity contribution in [3.05, 3.63) is 0 Å². The van der Waals surface area contributed by atoms with Gasteiger partial charge in [0.15, 0.2) is 0 Å². The second-order valence-corrected chi connectivity index (χ2v) is 4.01. The first-order valence-electron chi connectivity index (χ1n) is 4.11. The number of ether oxygens (including phenoxy) is 1. The highest BCUT2D eigenvalue weighted by molar-refractivity contribution is 7.80. The van der Waals surface area contributed by atoms with Gasteiger partial charge < -0.3 is 24.3 Å². The van der Waals surface area contributed by atoms with Crippen LogP contribution < -0.4 is 5.11 Å². The summed E-state index contributed by atoms with van der Waals surface area (Å²) in [5, 5.41) is 19.7. The number of aliphatic hydroxyl groups excluding tert-OH is 1. The van der Waals surface area contributed by atoms with E-state index in [-0.39, 0.29) is 6.42 Å². The minimum Gasteiger partial charge on any atom is -0.724 e. The van der Waals surface area contributed by atoms with E-state index < -0.39 is 41.3 Å². The monoisotopic (exact) mass is 256 g/mol. The highest BCUT2D eigenvalue weighted by Gasteiger charge is 2.32. The van der Waals surface area contributed by atoms with Crippen molar-refractivity contribution < 1.29 is 41.9 Å².